The van der Waals surface area contributed by atoms with Gasteiger partial charge in [-0.3, -0.25) is 4.79 Å². The molecule has 2 rings (SSSR count). The Morgan fingerprint density at radius 3 is 2.43 bits per heavy atom. The molecule has 0 saturated heterocycles. The van der Waals surface area contributed by atoms with E-state index in [4.69, 9.17) is 9.84 Å². The second kappa shape index (κ2) is 6.44. The second-order valence-corrected chi connectivity index (χ2v) is 6.84. The molecule has 1 fully saturated rings. The summed E-state index contributed by atoms with van der Waals surface area (Å²) in [7, 11) is -2.24. The lowest BCUT2D eigenvalue weighted by molar-refractivity contribution is -0.142. The van der Waals surface area contributed by atoms with Gasteiger partial charge in [-0.2, -0.15) is 0 Å². The number of carboxylic acid groups (broad SMARTS) is 1. The zero-order chi connectivity index (χ0) is 15.5. The van der Waals surface area contributed by atoms with Crippen molar-refractivity contribution in [1.29, 1.82) is 0 Å². The number of nitrogens with one attached hydrogen (secondary N) is 1. The van der Waals surface area contributed by atoms with Crippen LogP contribution in [0.15, 0.2) is 29.2 Å². The van der Waals surface area contributed by atoms with Gasteiger partial charge in [-0.25, -0.2) is 13.1 Å². The highest BCUT2D eigenvalue weighted by Gasteiger charge is 2.29. The quantitative estimate of drug-likeness (QED) is 0.861. The first-order valence-corrected chi connectivity index (χ1v) is 8.30. The molecule has 1 saturated carbocycles. The van der Waals surface area contributed by atoms with Gasteiger partial charge in [0.1, 0.15) is 10.6 Å². The van der Waals surface area contributed by atoms with Gasteiger partial charge in [-0.1, -0.05) is 12.1 Å². The Balaban J connectivity index is 2.07. The molecule has 0 unspecified atom stereocenters. The fraction of sp³-hybridized carbons (Fsp3) is 0.500. The Kier molecular flexibility index (Phi) is 4.84. The molecule has 0 amide bonds. The minimum atomic E-state index is -3.66. The standard InChI is InChI=1S/C14H19NO5S/c1-20-12-4-2-3-5-13(12)21(18,19)15-11-8-6-10(7-9-11)14(16)17/h2-5,10-11,15H,6-9H2,1H3,(H,16,17). The zero-order valence-corrected chi connectivity index (χ0v) is 12.6. The third kappa shape index (κ3) is 3.74. The molecule has 2 N–H and O–H groups in total. The van der Waals surface area contributed by atoms with Gasteiger partial charge in [0, 0.05) is 6.04 Å². The smallest absolute Gasteiger partial charge is 0.306 e. The fourth-order valence-electron chi connectivity index (χ4n) is 2.58. The van der Waals surface area contributed by atoms with Crippen molar-refractivity contribution in [3.05, 3.63) is 24.3 Å². The van der Waals surface area contributed by atoms with E-state index >= 15 is 0 Å². The second-order valence-electron chi connectivity index (χ2n) is 5.16. The summed E-state index contributed by atoms with van der Waals surface area (Å²) in [5, 5.41) is 8.95. The van der Waals surface area contributed by atoms with Gasteiger partial charge in [0.05, 0.1) is 13.0 Å². The summed E-state index contributed by atoms with van der Waals surface area (Å²) in [6, 6.07) is 6.20. The van der Waals surface area contributed by atoms with Crippen molar-refractivity contribution < 1.29 is 23.1 Å². The SMILES string of the molecule is COc1ccccc1S(=O)(=O)NC1CCC(C(=O)O)CC1. The van der Waals surface area contributed by atoms with E-state index in [1.54, 1.807) is 18.2 Å². The maximum Gasteiger partial charge on any atom is 0.306 e. The third-order valence-corrected chi connectivity index (χ3v) is 5.32. The Bertz CT molecular complexity index is 606. The van der Waals surface area contributed by atoms with Crippen LogP contribution in [0.4, 0.5) is 0 Å². The first kappa shape index (κ1) is 15.8. The molecule has 0 heterocycles. The minimum Gasteiger partial charge on any atom is -0.495 e. The van der Waals surface area contributed by atoms with Gasteiger partial charge in [0.25, 0.3) is 0 Å². The Morgan fingerprint density at radius 2 is 1.86 bits per heavy atom. The maximum atomic E-state index is 12.4. The summed E-state index contributed by atoms with van der Waals surface area (Å²) >= 11 is 0. The predicted octanol–water partition coefficient (Wildman–Crippen LogP) is 1.62. The molecular formula is C14H19NO5S. The van der Waals surface area contributed by atoms with E-state index in [0.717, 1.165) is 0 Å². The normalized spacial score (nSPS) is 22.7. The van der Waals surface area contributed by atoms with Crippen LogP contribution < -0.4 is 9.46 Å². The van der Waals surface area contributed by atoms with Crippen molar-refractivity contribution in [2.45, 2.75) is 36.6 Å². The number of hydrogen-bond acceptors (Lipinski definition) is 4. The van der Waals surface area contributed by atoms with Crippen LogP contribution >= 0.6 is 0 Å². The lowest BCUT2D eigenvalue weighted by Crippen LogP contribution is -2.38. The van der Waals surface area contributed by atoms with Crippen molar-refractivity contribution in [3.8, 4) is 5.75 Å². The molecule has 6 nitrogen and oxygen atoms in total. The van der Waals surface area contributed by atoms with Crippen molar-refractivity contribution in [1.82, 2.24) is 4.72 Å². The van der Waals surface area contributed by atoms with E-state index < -0.39 is 16.0 Å². The third-order valence-electron chi connectivity index (χ3n) is 3.76. The highest BCUT2D eigenvalue weighted by molar-refractivity contribution is 7.89. The van der Waals surface area contributed by atoms with Crippen LogP contribution in [-0.2, 0) is 14.8 Å². The lowest BCUT2D eigenvalue weighted by atomic mass is 9.87. The zero-order valence-electron chi connectivity index (χ0n) is 11.8. The van der Waals surface area contributed by atoms with Crippen LogP contribution in [0.2, 0.25) is 0 Å². The van der Waals surface area contributed by atoms with Gasteiger partial charge >= 0.3 is 5.97 Å². The summed E-state index contributed by atoms with van der Waals surface area (Å²) in [5.74, 6) is -0.873. The van der Waals surface area contributed by atoms with E-state index in [1.165, 1.54) is 13.2 Å². The monoisotopic (exact) mass is 313 g/mol. The molecule has 0 bridgehead atoms. The molecule has 1 aliphatic carbocycles. The van der Waals surface area contributed by atoms with Crippen LogP contribution in [0.5, 0.6) is 5.75 Å². The van der Waals surface area contributed by atoms with E-state index in [9.17, 15) is 13.2 Å². The number of ether oxygens (including phenoxy) is 1. The summed E-state index contributed by atoms with van der Waals surface area (Å²) in [4.78, 5) is 11.0. The lowest BCUT2D eigenvalue weighted by Gasteiger charge is -2.26. The number of aliphatic carboxylic acids is 1. The van der Waals surface area contributed by atoms with Crippen LogP contribution in [0.25, 0.3) is 0 Å². The largest absolute Gasteiger partial charge is 0.495 e. The Labute approximate surface area is 124 Å². The molecule has 21 heavy (non-hydrogen) atoms. The average Bonchev–Trinajstić information content (AvgIpc) is 2.47. The summed E-state index contributed by atoms with van der Waals surface area (Å²) < 4.78 is 32.5. The molecule has 0 aromatic heterocycles. The molecule has 116 valence electrons. The molecule has 1 aliphatic rings. The summed E-state index contributed by atoms with van der Waals surface area (Å²) in [6.07, 6.45) is 2.06. The number of benzene rings is 1. The van der Waals surface area contributed by atoms with Crippen LogP contribution in [0.1, 0.15) is 25.7 Å². The fourth-order valence-corrected chi connectivity index (χ4v) is 4.06. The average molecular weight is 313 g/mol. The van der Waals surface area contributed by atoms with E-state index in [0.29, 0.717) is 31.4 Å². The van der Waals surface area contributed by atoms with Gasteiger partial charge in [-0.15, -0.1) is 0 Å². The summed E-state index contributed by atoms with van der Waals surface area (Å²) in [5.41, 5.74) is 0. The Hall–Kier alpha value is -1.60. The van der Waals surface area contributed by atoms with E-state index in [1.807, 2.05) is 0 Å². The van der Waals surface area contributed by atoms with Gasteiger partial charge in [-0.05, 0) is 37.8 Å². The molecule has 0 spiro atoms. The highest BCUT2D eigenvalue weighted by Crippen LogP contribution is 2.27. The molecule has 0 radical (unpaired) electrons. The van der Waals surface area contributed by atoms with Crippen molar-refractivity contribution in [3.63, 3.8) is 0 Å². The predicted molar refractivity (Wildman–Crippen MR) is 76.7 cm³/mol. The first-order chi connectivity index (χ1) is 9.94. The number of methoxy groups -OCH3 is 1. The number of carbonyl (C=O) groups is 1. The molecular weight excluding hydrogens is 294 g/mol. The van der Waals surface area contributed by atoms with Gasteiger partial charge in [0.15, 0.2) is 0 Å². The molecule has 1 aromatic rings. The highest BCUT2D eigenvalue weighted by atomic mass is 32.2. The van der Waals surface area contributed by atoms with Crippen LogP contribution in [-0.4, -0.2) is 32.6 Å². The van der Waals surface area contributed by atoms with Crippen molar-refractivity contribution in [2.24, 2.45) is 5.92 Å². The maximum absolute atomic E-state index is 12.4. The number of sulfonamides is 1. The van der Waals surface area contributed by atoms with Crippen molar-refractivity contribution in [2.75, 3.05) is 7.11 Å². The van der Waals surface area contributed by atoms with Gasteiger partial charge < -0.3 is 9.84 Å². The van der Waals surface area contributed by atoms with Crippen LogP contribution in [0.3, 0.4) is 0 Å². The number of hydrogen-bond donors (Lipinski definition) is 2. The van der Waals surface area contributed by atoms with Gasteiger partial charge in [0.2, 0.25) is 10.0 Å². The van der Waals surface area contributed by atoms with Crippen LogP contribution in [0, 0.1) is 5.92 Å². The number of para-hydroxylation sites is 1. The number of carboxylic acids is 1. The summed E-state index contributed by atoms with van der Waals surface area (Å²) in [6.45, 7) is 0. The molecule has 1 aromatic carbocycles. The number of rotatable bonds is 5. The Morgan fingerprint density at radius 1 is 1.24 bits per heavy atom. The minimum absolute atomic E-state index is 0.104. The molecule has 0 aliphatic heterocycles. The van der Waals surface area contributed by atoms with E-state index in [2.05, 4.69) is 4.72 Å². The topological polar surface area (TPSA) is 92.7 Å². The molecule has 7 heteroatoms. The van der Waals surface area contributed by atoms with Crippen molar-refractivity contribution >= 4 is 16.0 Å². The van der Waals surface area contributed by atoms with E-state index in [-0.39, 0.29) is 16.9 Å². The molecule has 0 atom stereocenters. The first-order valence-electron chi connectivity index (χ1n) is 6.82.